The maximum atomic E-state index is 11.2. The lowest BCUT2D eigenvalue weighted by Gasteiger charge is -2.13. The summed E-state index contributed by atoms with van der Waals surface area (Å²) in [7, 11) is 0. The molecule has 0 aromatic heterocycles. The summed E-state index contributed by atoms with van der Waals surface area (Å²) in [5.74, 6) is 0.0762. The Labute approximate surface area is 85.1 Å². The van der Waals surface area contributed by atoms with Crippen LogP contribution >= 0.6 is 0 Å². The van der Waals surface area contributed by atoms with Crippen LogP contribution in [-0.2, 0) is 0 Å². The quantitative estimate of drug-likeness (QED) is 0.781. The zero-order valence-corrected chi connectivity index (χ0v) is 8.79. The number of hydrogen-bond donors (Lipinski definition) is 1. The average Bonchev–Trinajstić information content (AvgIpc) is 2.18. The summed E-state index contributed by atoms with van der Waals surface area (Å²) in [5.41, 5.74) is 7.04. The minimum atomic E-state index is -0.330. The van der Waals surface area contributed by atoms with Crippen LogP contribution in [0.5, 0.6) is 0 Å². The molecule has 2 N–H and O–H groups in total. The zero-order valence-electron chi connectivity index (χ0n) is 8.79. The smallest absolute Gasteiger partial charge is 0.248 e. The standard InChI is InChI=1S/C12H17NO/c1-3-6-9(2)10-7-4-5-8-11(10)12(13)14/h4-5,7-9H,3,6H2,1-2H3,(H2,13,14). The first kappa shape index (κ1) is 10.8. The van der Waals surface area contributed by atoms with E-state index < -0.39 is 0 Å². The van der Waals surface area contributed by atoms with E-state index in [9.17, 15) is 4.79 Å². The second kappa shape index (κ2) is 4.80. The number of amides is 1. The van der Waals surface area contributed by atoms with Crippen molar-refractivity contribution in [1.29, 1.82) is 0 Å². The highest BCUT2D eigenvalue weighted by molar-refractivity contribution is 5.94. The van der Waals surface area contributed by atoms with Crippen molar-refractivity contribution in [2.24, 2.45) is 5.73 Å². The monoisotopic (exact) mass is 191 g/mol. The highest BCUT2D eigenvalue weighted by Crippen LogP contribution is 2.23. The summed E-state index contributed by atoms with van der Waals surface area (Å²) in [4.78, 5) is 11.2. The van der Waals surface area contributed by atoms with E-state index in [-0.39, 0.29) is 5.91 Å². The summed E-state index contributed by atoms with van der Waals surface area (Å²) in [6, 6.07) is 7.58. The third-order valence-corrected chi connectivity index (χ3v) is 2.48. The first-order chi connectivity index (χ1) is 6.66. The van der Waals surface area contributed by atoms with Gasteiger partial charge < -0.3 is 5.73 Å². The maximum Gasteiger partial charge on any atom is 0.248 e. The number of rotatable bonds is 4. The molecule has 0 spiro atoms. The lowest BCUT2D eigenvalue weighted by Crippen LogP contribution is -2.14. The van der Waals surface area contributed by atoms with Gasteiger partial charge in [-0.15, -0.1) is 0 Å². The molecule has 1 aromatic carbocycles. The molecule has 76 valence electrons. The Morgan fingerprint density at radius 1 is 1.43 bits per heavy atom. The van der Waals surface area contributed by atoms with Crippen molar-refractivity contribution in [2.75, 3.05) is 0 Å². The van der Waals surface area contributed by atoms with Gasteiger partial charge in [-0.05, 0) is 24.0 Å². The molecule has 0 heterocycles. The largest absolute Gasteiger partial charge is 0.366 e. The van der Waals surface area contributed by atoms with Gasteiger partial charge in [0.05, 0.1) is 0 Å². The zero-order chi connectivity index (χ0) is 10.6. The second-order valence-electron chi connectivity index (χ2n) is 3.64. The highest BCUT2D eigenvalue weighted by atomic mass is 16.1. The molecular formula is C12H17NO. The summed E-state index contributed by atoms with van der Waals surface area (Å²) < 4.78 is 0. The van der Waals surface area contributed by atoms with Gasteiger partial charge >= 0.3 is 0 Å². The molecule has 14 heavy (non-hydrogen) atoms. The van der Waals surface area contributed by atoms with Gasteiger partial charge in [0.15, 0.2) is 0 Å². The topological polar surface area (TPSA) is 43.1 Å². The van der Waals surface area contributed by atoms with Crippen molar-refractivity contribution in [3.05, 3.63) is 35.4 Å². The first-order valence-electron chi connectivity index (χ1n) is 5.05. The van der Waals surface area contributed by atoms with Crippen molar-refractivity contribution in [1.82, 2.24) is 0 Å². The lowest BCUT2D eigenvalue weighted by atomic mass is 9.92. The van der Waals surface area contributed by atoms with E-state index in [2.05, 4.69) is 13.8 Å². The molecular weight excluding hydrogens is 174 g/mol. The van der Waals surface area contributed by atoms with Gasteiger partial charge in [-0.25, -0.2) is 0 Å². The summed E-state index contributed by atoms with van der Waals surface area (Å²) >= 11 is 0. The van der Waals surface area contributed by atoms with Crippen LogP contribution in [0.4, 0.5) is 0 Å². The van der Waals surface area contributed by atoms with Crippen molar-refractivity contribution in [3.8, 4) is 0 Å². The molecule has 0 aliphatic carbocycles. The number of nitrogens with two attached hydrogens (primary N) is 1. The molecule has 1 aromatic rings. The molecule has 1 rings (SSSR count). The molecule has 1 atom stereocenters. The number of primary amides is 1. The van der Waals surface area contributed by atoms with Gasteiger partial charge in [0.1, 0.15) is 0 Å². The van der Waals surface area contributed by atoms with Crippen LogP contribution in [0.3, 0.4) is 0 Å². The van der Waals surface area contributed by atoms with E-state index in [1.807, 2.05) is 18.2 Å². The van der Waals surface area contributed by atoms with Gasteiger partial charge in [0, 0.05) is 5.56 Å². The Hall–Kier alpha value is -1.31. The predicted molar refractivity (Wildman–Crippen MR) is 58.3 cm³/mol. The molecule has 1 unspecified atom stereocenters. The third-order valence-electron chi connectivity index (χ3n) is 2.48. The van der Waals surface area contributed by atoms with Gasteiger partial charge in [0.25, 0.3) is 0 Å². The molecule has 0 saturated heterocycles. The number of benzene rings is 1. The summed E-state index contributed by atoms with van der Waals surface area (Å²) in [6.45, 7) is 4.27. The Balaban J connectivity index is 3.00. The Morgan fingerprint density at radius 2 is 2.07 bits per heavy atom. The fourth-order valence-electron chi connectivity index (χ4n) is 1.74. The lowest BCUT2D eigenvalue weighted by molar-refractivity contribution is 0.0999. The maximum absolute atomic E-state index is 11.2. The van der Waals surface area contributed by atoms with Crippen molar-refractivity contribution < 1.29 is 4.79 Å². The number of carbonyl (C=O) groups excluding carboxylic acids is 1. The second-order valence-corrected chi connectivity index (χ2v) is 3.64. The third kappa shape index (κ3) is 2.34. The average molecular weight is 191 g/mol. The fraction of sp³-hybridized carbons (Fsp3) is 0.417. The Bertz CT molecular complexity index is 320. The van der Waals surface area contributed by atoms with Crippen molar-refractivity contribution >= 4 is 5.91 Å². The van der Waals surface area contributed by atoms with E-state index in [1.54, 1.807) is 6.07 Å². The summed E-state index contributed by atoms with van der Waals surface area (Å²) in [5, 5.41) is 0. The Morgan fingerprint density at radius 3 is 2.64 bits per heavy atom. The molecule has 2 heteroatoms. The molecule has 0 fully saturated rings. The Kier molecular flexibility index (Phi) is 3.69. The number of hydrogen-bond acceptors (Lipinski definition) is 1. The SMILES string of the molecule is CCCC(C)c1ccccc1C(N)=O. The van der Waals surface area contributed by atoms with E-state index >= 15 is 0 Å². The molecule has 1 amide bonds. The molecule has 0 bridgehead atoms. The van der Waals surface area contributed by atoms with Crippen LogP contribution in [0.15, 0.2) is 24.3 Å². The van der Waals surface area contributed by atoms with Crippen LogP contribution in [0, 0.1) is 0 Å². The molecule has 0 saturated carbocycles. The van der Waals surface area contributed by atoms with Gasteiger partial charge in [-0.1, -0.05) is 38.5 Å². The normalized spacial score (nSPS) is 12.4. The van der Waals surface area contributed by atoms with E-state index in [0.29, 0.717) is 11.5 Å². The fourth-order valence-corrected chi connectivity index (χ4v) is 1.74. The van der Waals surface area contributed by atoms with Gasteiger partial charge in [0.2, 0.25) is 5.91 Å². The van der Waals surface area contributed by atoms with Crippen LogP contribution < -0.4 is 5.73 Å². The predicted octanol–water partition coefficient (Wildman–Crippen LogP) is 2.69. The number of carbonyl (C=O) groups is 1. The first-order valence-corrected chi connectivity index (χ1v) is 5.05. The van der Waals surface area contributed by atoms with Crippen LogP contribution in [-0.4, -0.2) is 5.91 Å². The van der Waals surface area contributed by atoms with E-state index in [0.717, 1.165) is 18.4 Å². The molecule has 0 radical (unpaired) electrons. The molecule has 0 aliphatic heterocycles. The van der Waals surface area contributed by atoms with Gasteiger partial charge in [-0.2, -0.15) is 0 Å². The van der Waals surface area contributed by atoms with Crippen LogP contribution in [0.25, 0.3) is 0 Å². The molecule has 2 nitrogen and oxygen atoms in total. The van der Waals surface area contributed by atoms with Gasteiger partial charge in [-0.3, -0.25) is 4.79 Å². The molecule has 0 aliphatic rings. The van der Waals surface area contributed by atoms with E-state index in [4.69, 9.17) is 5.73 Å². The minimum absolute atomic E-state index is 0.330. The van der Waals surface area contributed by atoms with Crippen LogP contribution in [0.1, 0.15) is 48.5 Å². The van der Waals surface area contributed by atoms with Crippen molar-refractivity contribution in [2.45, 2.75) is 32.6 Å². The highest BCUT2D eigenvalue weighted by Gasteiger charge is 2.12. The minimum Gasteiger partial charge on any atom is -0.366 e. The van der Waals surface area contributed by atoms with Crippen molar-refractivity contribution in [3.63, 3.8) is 0 Å². The van der Waals surface area contributed by atoms with E-state index in [1.165, 1.54) is 0 Å². The summed E-state index contributed by atoms with van der Waals surface area (Å²) in [6.07, 6.45) is 2.21. The van der Waals surface area contributed by atoms with Crippen LogP contribution in [0.2, 0.25) is 0 Å².